The van der Waals surface area contributed by atoms with Crippen molar-refractivity contribution in [1.29, 1.82) is 0 Å². The van der Waals surface area contributed by atoms with Gasteiger partial charge < -0.3 is 15.8 Å². The first-order valence-electron chi connectivity index (χ1n) is 5.12. The minimum atomic E-state index is -0.589. The number of carbonyl (C=O) groups excluding carboxylic acids is 2. The van der Waals surface area contributed by atoms with Gasteiger partial charge in [-0.2, -0.15) is 0 Å². The Morgan fingerprint density at radius 2 is 2.00 bits per heavy atom. The average Bonchev–Trinajstić information content (AvgIpc) is 2.31. The molecule has 0 aliphatic carbocycles. The summed E-state index contributed by atoms with van der Waals surface area (Å²) in [7, 11) is 0. The third-order valence-electron chi connectivity index (χ3n) is 1.95. The fraction of sp³-hybridized carbons (Fsp3) is 0.273. The lowest BCUT2D eigenvalue weighted by Crippen LogP contribution is -2.33. The van der Waals surface area contributed by atoms with Gasteiger partial charge in [-0.05, 0) is 12.1 Å². The molecule has 0 spiro atoms. The van der Waals surface area contributed by atoms with Crippen LogP contribution in [0.2, 0.25) is 10.0 Å². The monoisotopic (exact) mass is 290 g/mol. The van der Waals surface area contributed by atoms with Gasteiger partial charge in [-0.1, -0.05) is 23.2 Å². The Hall–Kier alpha value is -1.46. The van der Waals surface area contributed by atoms with Crippen LogP contribution in [0.5, 0.6) is 5.75 Å². The normalized spacial score (nSPS) is 9.89. The summed E-state index contributed by atoms with van der Waals surface area (Å²) in [6, 6.07) is 4.81. The van der Waals surface area contributed by atoms with Crippen LogP contribution in [-0.2, 0) is 9.59 Å². The molecule has 7 heteroatoms. The van der Waals surface area contributed by atoms with Crippen LogP contribution >= 0.6 is 23.2 Å². The minimum Gasteiger partial charge on any atom is -0.493 e. The maximum absolute atomic E-state index is 11.2. The molecule has 3 N–H and O–H groups in total. The quantitative estimate of drug-likeness (QED) is 0.830. The maximum Gasteiger partial charge on any atom is 0.236 e. The van der Waals surface area contributed by atoms with E-state index in [-0.39, 0.29) is 25.5 Å². The van der Waals surface area contributed by atoms with Gasteiger partial charge in [-0.15, -0.1) is 0 Å². The zero-order valence-electron chi connectivity index (χ0n) is 9.41. The van der Waals surface area contributed by atoms with Gasteiger partial charge in [0.05, 0.1) is 29.6 Å². The first kappa shape index (κ1) is 14.6. The van der Waals surface area contributed by atoms with Crippen LogP contribution in [0.4, 0.5) is 0 Å². The van der Waals surface area contributed by atoms with Crippen molar-refractivity contribution in [3.05, 3.63) is 28.2 Å². The number of benzene rings is 1. The van der Waals surface area contributed by atoms with Crippen LogP contribution in [0.15, 0.2) is 18.2 Å². The third kappa shape index (κ3) is 5.25. The van der Waals surface area contributed by atoms with Crippen molar-refractivity contribution in [2.24, 2.45) is 5.73 Å². The average molecular weight is 291 g/mol. The molecule has 0 fully saturated rings. The lowest BCUT2D eigenvalue weighted by atomic mass is 10.3. The van der Waals surface area contributed by atoms with Crippen LogP contribution in [-0.4, -0.2) is 25.0 Å². The van der Waals surface area contributed by atoms with Crippen molar-refractivity contribution in [1.82, 2.24) is 5.32 Å². The highest BCUT2D eigenvalue weighted by atomic mass is 35.5. The van der Waals surface area contributed by atoms with E-state index >= 15 is 0 Å². The minimum absolute atomic E-state index is 0.119. The summed E-state index contributed by atoms with van der Waals surface area (Å²) >= 11 is 11.5. The van der Waals surface area contributed by atoms with Gasteiger partial charge in [-0.3, -0.25) is 9.59 Å². The molecule has 0 aliphatic heterocycles. The third-order valence-corrected chi connectivity index (χ3v) is 2.69. The Morgan fingerprint density at radius 3 is 2.61 bits per heavy atom. The van der Waals surface area contributed by atoms with Gasteiger partial charge in [0.2, 0.25) is 11.8 Å². The highest BCUT2D eigenvalue weighted by molar-refractivity contribution is 6.42. The molecule has 1 rings (SSSR count). The highest BCUT2D eigenvalue weighted by Crippen LogP contribution is 2.26. The number of carbonyl (C=O) groups is 2. The predicted octanol–water partition coefficient (Wildman–Crippen LogP) is 1.36. The summed E-state index contributed by atoms with van der Waals surface area (Å²) in [6.07, 6.45) is 0.119. The van der Waals surface area contributed by atoms with Gasteiger partial charge in [0.15, 0.2) is 0 Å². The number of halogens is 2. The van der Waals surface area contributed by atoms with Crippen LogP contribution in [0.25, 0.3) is 0 Å². The van der Waals surface area contributed by atoms with Gasteiger partial charge in [-0.25, -0.2) is 0 Å². The Balaban J connectivity index is 2.30. The standard InChI is InChI=1S/C11H12Cl2N2O3/c12-8-2-1-7(5-9(8)13)18-4-3-11(17)15-6-10(14)16/h1-2,5H,3-4,6H2,(H2,14,16)(H,15,17). The molecule has 0 aromatic heterocycles. The number of rotatable bonds is 6. The topological polar surface area (TPSA) is 81.4 Å². The first-order chi connectivity index (χ1) is 8.49. The van der Waals surface area contributed by atoms with E-state index in [0.29, 0.717) is 15.8 Å². The second-order valence-electron chi connectivity index (χ2n) is 3.42. The molecular formula is C11H12Cl2N2O3. The molecule has 0 atom stereocenters. The highest BCUT2D eigenvalue weighted by Gasteiger charge is 2.04. The van der Waals surface area contributed by atoms with E-state index in [1.165, 1.54) is 0 Å². The fourth-order valence-electron chi connectivity index (χ4n) is 1.10. The smallest absolute Gasteiger partial charge is 0.236 e. The number of nitrogens with two attached hydrogens (primary N) is 1. The van der Waals surface area contributed by atoms with E-state index in [1.54, 1.807) is 18.2 Å². The maximum atomic E-state index is 11.2. The Labute approximate surface area is 114 Å². The number of nitrogens with one attached hydrogen (secondary N) is 1. The molecule has 0 unspecified atom stereocenters. The van der Waals surface area contributed by atoms with Crippen molar-refractivity contribution in [2.75, 3.05) is 13.2 Å². The van der Waals surface area contributed by atoms with E-state index in [4.69, 9.17) is 33.7 Å². The lowest BCUT2D eigenvalue weighted by Gasteiger charge is -2.07. The van der Waals surface area contributed by atoms with Crippen LogP contribution in [0.1, 0.15) is 6.42 Å². The van der Waals surface area contributed by atoms with E-state index < -0.39 is 5.91 Å². The van der Waals surface area contributed by atoms with Gasteiger partial charge in [0.1, 0.15) is 5.75 Å². The van der Waals surface area contributed by atoms with Gasteiger partial charge >= 0.3 is 0 Å². The first-order valence-corrected chi connectivity index (χ1v) is 5.87. The molecule has 2 amide bonds. The van der Waals surface area contributed by atoms with Crippen molar-refractivity contribution >= 4 is 35.0 Å². The van der Waals surface area contributed by atoms with Crippen LogP contribution in [0, 0.1) is 0 Å². The van der Waals surface area contributed by atoms with Crippen LogP contribution in [0.3, 0.4) is 0 Å². The van der Waals surface area contributed by atoms with Crippen molar-refractivity contribution in [3.63, 3.8) is 0 Å². The summed E-state index contributed by atoms with van der Waals surface area (Å²) < 4.78 is 5.30. The summed E-state index contributed by atoms with van der Waals surface area (Å²) in [5, 5.41) is 3.16. The molecule has 5 nitrogen and oxygen atoms in total. The molecule has 18 heavy (non-hydrogen) atoms. The van der Waals surface area contributed by atoms with E-state index in [1.807, 2.05) is 0 Å². The zero-order chi connectivity index (χ0) is 13.5. The Morgan fingerprint density at radius 1 is 1.28 bits per heavy atom. The molecule has 0 radical (unpaired) electrons. The second-order valence-corrected chi connectivity index (χ2v) is 4.23. The SMILES string of the molecule is NC(=O)CNC(=O)CCOc1ccc(Cl)c(Cl)c1. The molecular weight excluding hydrogens is 279 g/mol. The molecule has 0 heterocycles. The largest absolute Gasteiger partial charge is 0.493 e. The summed E-state index contributed by atoms with van der Waals surface area (Å²) in [5.74, 6) is -0.380. The number of primary amides is 1. The van der Waals surface area contributed by atoms with Crippen LogP contribution < -0.4 is 15.8 Å². The number of amides is 2. The summed E-state index contributed by atoms with van der Waals surface area (Å²) in [5.41, 5.74) is 4.88. The number of hydrogen-bond donors (Lipinski definition) is 2. The predicted molar refractivity (Wildman–Crippen MR) is 68.8 cm³/mol. The molecule has 0 saturated heterocycles. The molecule has 1 aromatic carbocycles. The molecule has 0 saturated carbocycles. The summed E-state index contributed by atoms with van der Waals surface area (Å²) in [4.78, 5) is 21.6. The molecule has 0 bridgehead atoms. The van der Waals surface area contributed by atoms with Crippen molar-refractivity contribution in [2.45, 2.75) is 6.42 Å². The Bertz CT molecular complexity index is 452. The van der Waals surface area contributed by atoms with E-state index in [9.17, 15) is 9.59 Å². The summed E-state index contributed by atoms with van der Waals surface area (Å²) in [6.45, 7) is -0.00579. The van der Waals surface area contributed by atoms with E-state index in [2.05, 4.69) is 5.32 Å². The van der Waals surface area contributed by atoms with E-state index in [0.717, 1.165) is 0 Å². The lowest BCUT2D eigenvalue weighted by molar-refractivity contribution is -0.125. The molecule has 1 aromatic rings. The number of hydrogen-bond acceptors (Lipinski definition) is 3. The number of ether oxygens (including phenoxy) is 1. The molecule has 98 valence electrons. The molecule has 0 aliphatic rings. The van der Waals surface area contributed by atoms with Crippen molar-refractivity contribution < 1.29 is 14.3 Å². The van der Waals surface area contributed by atoms with Crippen molar-refractivity contribution in [3.8, 4) is 5.75 Å². The van der Waals surface area contributed by atoms with Gasteiger partial charge in [0, 0.05) is 6.07 Å². The van der Waals surface area contributed by atoms with Gasteiger partial charge in [0.25, 0.3) is 0 Å². The zero-order valence-corrected chi connectivity index (χ0v) is 10.9. The fourth-order valence-corrected chi connectivity index (χ4v) is 1.39. The second kappa shape index (κ2) is 7.08. The Kier molecular flexibility index (Phi) is 5.74.